The maximum atomic E-state index is 12.3. The lowest BCUT2D eigenvalue weighted by Crippen LogP contribution is -2.26. The van der Waals surface area contributed by atoms with Crippen LogP contribution in [0.25, 0.3) is 10.9 Å². The van der Waals surface area contributed by atoms with Crippen LogP contribution in [-0.4, -0.2) is 56.9 Å². The van der Waals surface area contributed by atoms with Crippen LogP contribution in [0.3, 0.4) is 0 Å². The molecule has 0 aromatic carbocycles. The van der Waals surface area contributed by atoms with E-state index >= 15 is 0 Å². The maximum Gasteiger partial charge on any atom is 0.272 e. The minimum absolute atomic E-state index is 0.00573. The molecule has 0 bridgehead atoms. The highest BCUT2D eigenvalue weighted by molar-refractivity contribution is 6.04. The summed E-state index contributed by atoms with van der Waals surface area (Å²) in [4.78, 5) is 20.7. The highest BCUT2D eigenvalue weighted by Crippen LogP contribution is 2.20. The fourth-order valence-electron chi connectivity index (χ4n) is 2.78. The largest absolute Gasteiger partial charge is 0.486 e. The molecule has 8 nitrogen and oxygen atoms in total. The number of aliphatic hydroxyl groups is 1. The summed E-state index contributed by atoms with van der Waals surface area (Å²) < 4.78 is 31.3. The predicted molar refractivity (Wildman–Crippen MR) is 101 cm³/mol. The Bertz CT molecular complexity index is 993. The number of ether oxygens (including phenoxy) is 1. The molecule has 29 heavy (non-hydrogen) atoms. The number of nitrogens with one attached hydrogen (secondary N) is 1. The van der Waals surface area contributed by atoms with Crippen molar-refractivity contribution in [3.05, 3.63) is 47.7 Å². The van der Waals surface area contributed by atoms with Crippen molar-refractivity contribution in [2.45, 2.75) is 26.3 Å². The molecule has 0 atom stereocenters. The summed E-state index contributed by atoms with van der Waals surface area (Å²) in [5.41, 5.74) is 2.23. The molecular formula is C19H21F2N5O3. The average molecular weight is 405 g/mol. The third-order valence-electron chi connectivity index (χ3n) is 4.13. The van der Waals surface area contributed by atoms with Crippen molar-refractivity contribution in [2.24, 2.45) is 0 Å². The second kappa shape index (κ2) is 9.37. The van der Waals surface area contributed by atoms with Crippen molar-refractivity contribution in [3.63, 3.8) is 0 Å². The van der Waals surface area contributed by atoms with E-state index in [1.807, 2.05) is 0 Å². The van der Waals surface area contributed by atoms with E-state index in [1.54, 1.807) is 29.9 Å². The Kier molecular flexibility index (Phi) is 6.65. The summed E-state index contributed by atoms with van der Waals surface area (Å²) in [5.74, 6) is -0.0242. The Hall–Kier alpha value is -3.14. The lowest BCUT2D eigenvalue weighted by atomic mass is 10.2. The molecule has 10 heteroatoms. The van der Waals surface area contributed by atoms with Gasteiger partial charge in [0.05, 0.1) is 29.3 Å². The van der Waals surface area contributed by atoms with Gasteiger partial charge in [-0.2, -0.15) is 5.10 Å². The Balaban J connectivity index is 1.76. The van der Waals surface area contributed by atoms with Gasteiger partial charge in [-0.25, -0.2) is 8.78 Å². The monoisotopic (exact) mass is 405 g/mol. The summed E-state index contributed by atoms with van der Waals surface area (Å²) in [6, 6.07) is 3.45. The van der Waals surface area contributed by atoms with Crippen LogP contribution >= 0.6 is 0 Å². The third kappa shape index (κ3) is 5.23. The van der Waals surface area contributed by atoms with Gasteiger partial charge < -0.3 is 15.2 Å². The number of pyridine rings is 2. The number of carbonyl (C=O) groups excluding carboxylic acids is 1. The first-order valence-corrected chi connectivity index (χ1v) is 9.05. The molecule has 0 saturated carbocycles. The fraction of sp³-hybridized carbons (Fsp3) is 0.368. The van der Waals surface area contributed by atoms with Crippen LogP contribution in [0.15, 0.2) is 30.7 Å². The van der Waals surface area contributed by atoms with E-state index < -0.39 is 13.0 Å². The van der Waals surface area contributed by atoms with Gasteiger partial charge >= 0.3 is 0 Å². The molecule has 3 heterocycles. The predicted octanol–water partition coefficient (Wildman–Crippen LogP) is 1.94. The van der Waals surface area contributed by atoms with Crippen LogP contribution in [-0.2, 0) is 6.54 Å². The van der Waals surface area contributed by atoms with Gasteiger partial charge in [0.2, 0.25) is 0 Å². The zero-order chi connectivity index (χ0) is 20.8. The SMILES string of the molecule is Cc1cc(Cn2cc3c(C(=O)NCCCO)nccc3n2)ncc1OCC(F)F. The summed E-state index contributed by atoms with van der Waals surface area (Å²) >= 11 is 0. The zero-order valence-electron chi connectivity index (χ0n) is 15.8. The zero-order valence-corrected chi connectivity index (χ0v) is 15.8. The molecule has 0 aliphatic heterocycles. The molecule has 0 fully saturated rings. The standard InChI is InChI=1S/C19H21F2N5O3/c1-12-7-13(24-8-16(12)29-11-17(20)21)9-26-10-14-15(25-26)3-5-22-18(14)19(28)23-4-2-6-27/h3,5,7-8,10,17,27H,2,4,6,9,11H2,1H3,(H,23,28). The van der Waals surface area contributed by atoms with Gasteiger partial charge in [-0.3, -0.25) is 19.4 Å². The number of alkyl halides is 2. The van der Waals surface area contributed by atoms with E-state index in [0.717, 1.165) is 0 Å². The first-order valence-electron chi connectivity index (χ1n) is 9.05. The molecule has 3 rings (SSSR count). The number of aliphatic hydroxyl groups excluding tert-OH is 1. The number of aromatic nitrogens is 4. The van der Waals surface area contributed by atoms with Gasteiger partial charge in [0.1, 0.15) is 18.1 Å². The van der Waals surface area contributed by atoms with Crippen LogP contribution in [0, 0.1) is 6.92 Å². The van der Waals surface area contributed by atoms with Crippen molar-refractivity contribution in [3.8, 4) is 5.75 Å². The van der Waals surface area contributed by atoms with Gasteiger partial charge in [0.15, 0.2) is 0 Å². The summed E-state index contributed by atoms with van der Waals surface area (Å²) in [5, 5.41) is 16.6. The van der Waals surface area contributed by atoms with E-state index in [9.17, 15) is 13.6 Å². The molecule has 0 radical (unpaired) electrons. The van der Waals surface area contributed by atoms with Crippen molar-refractivity contribution in [2.75, 3.05) is 19.8 Å². The summed E-state index contributed by atoms with van der Waals surface area (Å²) in [6.45, 7) is 1.75. The van der Waals surface area contributed by atoms with Crippen LogP contribution in [0.5, 0.6) is 5.75 Å². The minimum atomic E-state index is -2.55. The summed E-state index contributed by atoms with van der Waals surface area (Å²) in [7, 11) is 0. The number of rotatable bonds is 9. The summed E-state index contributed by atoms with van der Waals surface area (Å²) in [6.07, 6.45) is 2.55. The molecule has 1 amide bonds. The lowest BCUT2D eigenvalue weighted by molar-refractivity contribution is 0.0813. The number of carbonyl (C=O) groups is 1. The number of hydrogen-bond acceptors (Lipinski definition) is 6. The number of nitrogens with zero attached hydrogens (tertiary/aromatic N) is 4. The first-order chi connectivity index (χ1) is 14.0. The van der Waals surface area contributed by atoms with Gasteiger partial charge in [0, 0.05) is 25.5 Å². The number of hydrogen-bond donors (Lipinski definition) is 2. The van der Waals surface area contributed by atoms with Gasteiger partial charge in [-0.1, -0.05) is 0 Å². The van der Waals surface area contributed by atoms with Crippen molar-refractivity contribution in [1.82, 2.24) is 25.1 Å². The maximum absolute atomic E-state index is 12.3. The second-order valence-electron chi connectivity index (χ2n) is 6.40. The Morgan fingerprint density at radius 1 is 1.38 bits per heavy atom. The Labute approximate surface area is 165 Å². The fourth-order valence-corrected chi connectivity index (χ4v) is 2.78. The van der Waals surface area contributed by atoms with Crippen LogP contribution < -0.4 is 10.1 Å². The first kappa shape index (κ1) is 20.6. The molecule has 2 N–H and O–H groups in total. The average Bonchev–Trinajstić information content (AvgIpc) is 3.09. The van der Waals surface area contributed by atoms with E-state index in [0.29, 0.717) is 47.4 Å². The van der Waals surface area contributed by atoms with E-state index in [4.69, 9.17) is 9.84 Å². The molecule has 0 unspecified atom stereocenters. The minimum Gasteiger partial charge on any atom is -0.486 e. The van der Waals surface area contributed by atoms with Crippen molar-refractivity contribution >= 4 is 16.8 Å². The Morgan fingerprint density at radius 2 is 2.21 bits per heavy atom. The van der Waals surface area contributed by atoms with Crippen LogP contribution in [0.2, 0.25) is 0 Å². The molecule has 0 aliphatic rings. The van der Waals surface area contributed by atoms with Gasteiger partial charge in [-0.05, 0) is 31.0 Å². The topological polar surface area (TPSA) is 102 Å². The number of halogens is 2. The van der Waals surface area contributed by atoms with Crippen LogP contribution in [0.1, 0.15) is 28.2 Å². The molecule has 0 spiro atoms. The molecule has 154 valence electrons. The normalized spacial score (nSPS) is 11.2. The van der Waals surface area contributed by atoms with Crippen LogP contribution in [0.4, 0.5) is 8.78 Å². The molecule has 3 aromatic heterocycles. The second-order valence-corrected chi connectivity index (χ2v) is 6.40. The third-order valence-corrected chi connectivity index (χ3v) is 4.13. The molecule has 3 aromatic rings. The van der Waals surface area contributed by atoms with Gasteiger partial charge in [-0.15, -0.1) is 0 Å². The molecule has 0 aliphatic carbocycles. The Morgan fingerprint density at radius 3 is 2.93 bits per heavy atom. The number of aryl methyl sites for hydroxylation is 1. The van der Waals surface area contributed by atoms with Gasteiger partial charge in [0.25, 0.3) is 12.3 Å². The lowest BCUT2D eigenvalue weighted by Gasteiger charge is -2.09. The highest BCUT2D eigenvalue weighted by atomic mass is 19.3. The van der Waals surface area contributed by atoms with E-state index in [-0.39, 0.29) is 18.2 Å². The van der Waals surface area contributed by atoms with Crippen molar-refractivity contribution in [1.29, 1.82) is 0 Å². The number of amides is 1. The van der Waals surface area contributed by atoms with Crippen molar-refractivity contribution < 1.29 is 23.4 Å². The molecule has 0 saturated heterocycles. The van der Waals surface area contributed by atoms with E-state index in [1.165, 1.54) is 12.4 Å². The molecular weight excluding hydrogens is 384 g/mol. The number of fused-ring (bicyclic) bond motifs is 1. The smallest absolute Gasteiger partial charge is 0.272 e. The highest BCUT2D eigenvalue weighted by Gasteiger charge is 2.14. The quantitative estimate of drug-likeness (QED) is 0.528. The van der Waals surface area contributed by atoms with E-state index in [2.05, 4.69) is 20.4 Å².